The SMILES string of the molecule is Cc1c(Cl)cccc1CN(C)C=O. The van der Waals surface area contributed by atoms with E-state index < -0.39 is 0 Å². The summed E-state index contributed by atoms with van der Waals surface area (Å²) >= 11 is 5.93. The standard InChI is InChI=1S/C10H12ClNO/c1-8-9(6-12(2)7-13)4-3-5-10(8)11/h3-5,7H,6H2,1-2H3. The summed E-state index contributed by atoms with van der Waals surface area (Å²) in [5, 5.41) is 0.747. The van der Waals surface area contributed by atoms with Crippen molar-refractivity contribution in [2.24, 2.45) is 0 Å². The Bertz CT molecular complexity index is 312. The first-order chi connectivity index (χ1) is 6.15. The Morgan fingerprint density at radius 2 is 2.23 bits per heavy atom. The van der Waals surface area contributed by atoms with Crippen molar-refractivity contribution in [3.8, 4) is 0 Å². The van der Waals surface area contributed by atoms with Crippen molar-refractivity contribution in [3.63, 3.8) is 0 Å². The zero-order valence-corrected chi connectivity index (χ0v) is 8.51. The summed E-state index contributed by atoms with van der Waals surface area (Å²) in [7, 11) is 1.74. The Hall–Kier alpha value is -1.02. The van der Waals surface area contributed by atoms with Crippen LogP contribution in [0, 0.1) is 6.92 Å². The van der Waals surface area contributed by atoms with Crippen LogP contribution in [0.5, 0.6) is 0 Å². The molecule has 0 bridgehead atoms. The molecule has 0 unspecified atom stereocenters. The van der Waals surface area contributed by atoms with Crippen molar-refractivity contribution in [1.29, 1.82) is 0 Å². The van der Waals surface area contributed by atoms with Gasteiger partial charge in [-0.3, -0.25) is 4.79 Å². The highest BCUT2D eigenvalue weighted by Gasteiger charge is 2.03. The van der Waals surface area contributed by atoms with E-state index in [9.17, 15) is 4.79 Å². The maximum absolute atomic E-state index is 10.4. The highest BCUT2D eigenvalue weighted by Crippen LogP contribution is 2.19. The third kappa shape index (κ3) is 2.46. The fourth-order valence-corrected chi connectivity index (χ4v) is 1.32. The zero-order valence-electron chi connectivity index (χ0n) is 7.75. The second-order valence-corrected chi connectivity index (χ2v) is 3.45. The van der Waals surface area contributed by atoms with Gasteiger partial charge >= 0.3 is 0 Å². The van der Waals surface area contributed by atoms with Crippen molar-refractivity contribution in [2.45, 2.75) is 13.5 Å². The Balaban J connectivity index is 2.88. The van der Waals surface area contributed by atoms with E-state index in [4.69, 9.17) is 11.6 Å². The molecule has 70 valence electrons. The summed E-state index contributed by atoms with van der Waals surface area (Å²) < 4.78 is 0. The van der Waals surface area contributed by atoms with Gasteiger partial charge in [0, 0.05) is 18.6 Å². The van der Waals surface area contributed by atoms with E-state index in [2.05, 4.69) is 0 Å². The first-order valence-corrected chi connectivity index (χ1v) is 4.42. The van der Waals surface area contributed by atoms with Gasteiger partial charge in [0.15, 0.2) is 0 Å². The predicted molar refractivity (Wildman–Crippen MR) is 53.7 cm³/mol. The van der Waals surface area contributed by atoms with Crippen LogP contribution in [0.25, 0.3) is 0 Å². The quantitative estimate of drug-likeness (QED) is 0.681. The van der Waals surface area contributed by atoms with Crippen LogP contribution in [-0.2, 0) is 11.3 Å². The molecule has 0 saturated heterocycles. The minimum absolute atomic E-state index is 0.607. The lowest BCUT2D eigenvalue weighted by Gasteiger charge is -2.13. The number of halogens is 1. The number of hydrogen-bond donors (Lipinski definition) is 0. The van der Waals surface area contributed by atoms with Crippen LogP contribution in [0.2, 0.25) is 5.02 Å². The number of hydrogen-bond acceptors (Lipinski definition) is 1. The monoisotopic (exact) mass is 197 g/mol. The first kappa shape index (κ1) is 10.1. The summed E-state index contributed by atoms with van der Waals surface area (Å²) in [6.07, 6.45) is 0.806. The van der Waals surface area contributed by atoms with Gasteiger partial charge in [-0.25, -0.2) is 0 Å². The van der Waals surface area contributed by atoms with Crippen LogP contribution in [0.1, 0.15) is 11.1 Å². The van der Waals surface area contributed by atoms with Gasteiger partial charge in [-0.05, 0) is 24.1 Å². The Morgan fingerprint density at radius 3 is 2.85 bits per heavy atom. The van der Waals surface area contributed by atoms with Crippen molar-refractivity contribution in [1.82, 2.24) is 4.90 Å². The van der Waals surface area contributed by atoms with Gasteiger partial charge < -0.3 is 4.90 Å². The van der Waals surface area contributed by atoms with Gasteiger partial charge in [0.1, 0.15) is 0 Å². The average Bonchev–Trinajstić information content (AvgIpc) is 2.13. The molecule has 2 nitrogen and oxygen atoms in total. The Morgan fingerprint density at radius 1 is 1.54 bits per heavy atom. The molecule has 0 spiro atoms. The fourth-order valence-electron chi connectivity index (χ4n) is 1.13. The van der Waals surface area contributed by atoms with E-state index in [0.717, 1.165) is 22.6 Å². The molecule has 0 atom stereocenters. The van der Waals surface area contributed by atoms with Gasteiger partial charge in [0.25, 0.3) is 0 Å². The molecule has 1 rings (SSSR count). The topological polar surface area (TPSA) is 20.3 Å². The molecule has 1 aromatic rings. The summed E-state index contributed by atoms with van der Waals surface area (Å²) in [5.41, 5.74) is 2.12. The van der Waals surface area contributed by atoms with Crippen LogP contribution in [0.3, 0.4) is 0 Å². The van der Waals surface area contributed by atoms with E-state index in [1.54, 1.807) is 11.9 Å². The second-order valence-electron chi connectivity index (χ2n) is 3.04. The molecule has 0 aliphatic rings. The fraction of sp³-hybridized carbons (Fsp3) is 0.300. The molecular weight excluding hydrogens is 186 g/mol. The van der Waals surface area contributed by atoms with Gasteiger partial charge in [-0.15, -0.1) is 0 Å². The number of nitrogens with zero attached hydrogens (tertiary/aromatic N) is 1. The van der Waals surface area contributed by atoms with E-state index in [-0.39, 0.29) is 0 Å². The minimum Gasteiger partial charge on any atom is -0.344 e. The van der Waals surface area contributed by atoms with Gasteiger partial charge in [0.05, 0.1) is 0 Å². The summed E-state index contributed by atoms with van der Waals surface area (Å²) in [5.74, 6) is 0. The molecule has 1 aromatic carbocycles. The molecule has 0 fully saturated rings. The van der Waals surface area contributed by atoms with Crippen molar-refractivity contribution in [2.75, 3.05) is 7.05 Å². The molecule has 0 aliphatic heterocycles. The number of benzene rings is 1. The molecule has 0 heterocycles. The molecule has 0 radical (unpaired) electrons. The van der Waals surface area contributed by atoms with E-state index >= 15 is 0 Å². The average molecular weight is 198 g/mol. The second kappa shape index (κ2) is 4.28. The van der Waals surface area contributed by atoms with E-state index in [0.29, 0.717) is 6.54 Å². The summed E-state index contributed by atoms with van der Waals surface area (Å²) in [6, 6.07) is 5.71. The predicted octanol–water partition coefficient (Wildman–Crippen LogP) is 2.24. The number of rotatable bonds is 3. The highest BCUT2D eigenvalue weighted by atomic mass is 35.5. The van der Waals surface area contributed by atoms with Crippen LogP contribution >= 0.6 is 11.6 Å². The van der Waals surface area contributed by atoms with Gasteiger partial charge in [-0.1, -0.05) is 23.7 Å². The molecule has 1 amide bonds. The molecule has 0 aliphatic carbocycles. The normalized spacial score (nSPS) is 9.77. The Kier molecular flexibility index (Phi) is 3.32. The van der Waals surface area contributed by atoms with Crippen LogP contribution in [-0.4, -0.2) is 18.4 Å². The third-order valence-electron chi connectivity index (χ3n) is 1.98. The summed E-state index contributed by atoms with van der Waals surface area (Å²) in [4.78, 5) is 12.0. The largest absolute Gasteiger partial charge is 0.344 e. The third-order valence-corrected chi connectivity index (χ3v) is 2.39. The van der Waals surface area contributed by atoms with E-state index in [1.165, 1.54) is 0 Å². The van der Waals surface area contributed by atoms with Crippen LogP contribution < -0.4 is 0 Å². The van der Waals surface area contributed by atoms with Crippen molar-refractivity contribution < 1.29 is 4.79 Å². The van der Waals surface area contributed by atoms with Gasteiger partial charge in [0.2, 0.25) is 6.41 Å². The zero-order chi connectivity index (χ0) is 9.84. The summed E-state index contributed by atoms with van der Waals surface area (Å²) in [6.45, 7) is 2.56. The maximum atomic E-state index is 10.4. The van der Waals surface area contributed by atoms with Crippen LogP contribution in [0.15, 0.2) is 18.2 Å². The molecule has 3 heteroatoms. The highest BCUT2D eigenvalue weighted by molar-refractivity contribution is 6.31. The lowest BCUT2D eigenvalue weighted by atomic mass is 10.1. The molecular formula is C10H12ClNO. The van der Waals surface area contributed by atoms with Crippen LogP contribution in [0.4, 0.5) is 0 Å². The molecule has 0 N–H and O–H groups in total. The minimum atomic E-state index is 0.607. The lowest BCUT2D eigenvalue weighted by Crippen LogP contribution is -2.15. The van der Waals surface area contributed by atoms with Crippen molar-refractivity contribution in [3.05, 3.63) is 34.3 Å². The lowest BCUT2D eigenvalue weighted by molar-refractivity contribution is -0.117. The molecule has 0 aromatic heterocycles. The number of carbonyl (C=O) groups is 1. The Labute approximate surface area is 83.1 Å². The van der Waals surface area contributed by atoms with E-state index in [1.807, 2.05) is 25.1 Å². The maximum Gasteiger partial charge on any atom is 0.209 e. The first-order valence-electron chi connectivity index (χ1n) is 4.04. The van der Waals surface area contributed by atoms with Gasteiger partial charge in [-0.2, -0.15) is 0 Å². The molecule has 0 saturated carbocycles. The number of amides is 1. The number of carbonyl (C=O) groups excluding carboxylic acids is 1. The molecule has 13 heavy (non-hydrogen) atoms. The van der Waals surface area contributed by atoms with Crippen molar-refractivity contribution >= 4 is 18.0 Å². The smallest absolute Gasteiger partial charge is 0.209 e.